The zero-order valence-electron chi connectivity index (χ0n) is 16.6. The molecule has 0 radical (unpaired) electrons. The van der Waals surface area contributed by atoms with Crippen LogP contribution in [0.15, 0.2) is 48.5 Å². The largest absolute Gasteiger partial charge is 0.346 e. The molecule has 142 valence electrons. The fraction of sp³-hybridized carbons (Fsp3) is 0.391. The first-order valence-corrected chi connectivity index (χ1v) is 9.57. The summed E-state index contributed by atoms with van der Waals surface area (Å²) in [5, 5.41) is 3.06. The van der Waals surface area contributed by atoms with Gasteiger partial charge in [-0.2, -0.15) is 0 Å². The molecule has 2 amide bonds. The molecule has 0 saturated carbocycles. The number of hydrogen-bond donors (Lipinski definition) is 1. The molecule has 2 aromatic carbocycles. The van der Waals surface area contributed by atoms with E-state index in [0.29, 0.717) is 12.0 Å². The maximum Gasteiger partial charge on any atom is 0.251 e. The van der Waals surface area contributed by atoms with E-state index in [-0.39, 0.29) is 23.3 Å². The molecule has 4 heteroatoms. The Bertz CT molecular complexity index is 834. The lowest BCUT2D eigenvalue weighted by Gasteiger charge is -2.21. The number of benzene rings is 2. The molecule has 0 spiro atoms. The lowest BCUT2D eigenvalue weighted by Crippen LogP contribution is -2.28. The standard InChI is InChI=1S/C23H28N2O2/c1-16(17-10-12-19(13-11-17)23(2,3)4)24-22(27)18-7-5-8-20(15-18)25-14-6-9-21(25)26/h5,7-8,10-13,15-16H,6,9,14H2,1-4H3,(H,24,27)/t16-/m1/s1. The third-order valence-electron chi connectivity index (χ3n) is 5.12. The topological polar surface area (TPSA) is 49.4 Å². The van der Waals surface area contributed by atoms with Crippen LogP contribution in [-0.4, -0.2) is 18.4 Å². The molecule has 3 rings (SSSR count). The second-order valence-corrected chi connectivity index (χ2v) is 8.27. The molecule has 0 aliphatic carbocycles. The van der Waals surface area contributed by atoms with Gasteiger partial charge in [0, 0.05) is 24.2 Å². The minimum Gasteiger partial charge on any atom is -0.346 e. The Morgan fingerprint density at radius 2 is 1.81 bits per heavy atom. The molecular weight excluding hydrogens is 336 g/mol. The maximum absolute atomic E-state index is 12.7. The van der Waals surface area contributed by atoms with Crippen LogP contribution in [0.3, 0.4) is 0 Å². The van der Waals surface area contributed by atoms with E-state index in [0.717, 1.165) is 24.2 Å². The summed E-state index contributed by atoms with van der Waals surface area (Å²) in [5.74, 6) is -0.00393. The first kappa shape index (κ1) is 19.2. The van der Waals surface area contributed by atoms with Crippen LogP contribution in [0.4, 0.5) is 5.69 Å². The second-order valence-electron chi connectivity index (χ2n) is 8.27. The van der Waals surface area contributed by atoms with Crippen molar-refractivity contribution in [3.05, 3.63) is 65.2 Å². The van der Waals surface area contributed by atoms with Gasteiger partial charge in [-0.05, 0) is 48.1 Å². The van der Waals surface area contributed by atoms with Crippen molar-refractivity contribution in [3.63, 3.8) is 0 Å². The van der Waals surface area contributed by atoms with Crippen LogP contribution >= 0.6 is 0 Å². The highest BCUT2D eigenvalue weighted by atomic mass is 16.2. The Balaban J connectivity index is 1.70. The van der Waals surface area contributed by atoms with Crippen LogP contribution in [0.25, 0.3) is 0 Å². The van der Waals surface area contributed by atoms with Crippen molar-refractivity contribution >= 4 is 17.5 Å². The summed E-state index contributed by atoms with van der Waals surface area (Å²) in [6.45, 7) is 9.26. The molecule has 1 saturated heterocycles. The molecule has 1 heterocycles. The molecule has 1 aliphatic heterocycles. The predicted molar refractivity (Wildman–Crippen MR) is 109 cm³/mol. The fourth-order valence-electron chi connectivity index (χ4n) is 3.37. The molecule has 4 nitrogen and oxygen atoms in total. The number of anilines is 1. The van der Waals surface area contributed by atoms with Gasteiger partial charge in [0.25, 0.3) is 5.91 Å². The van der Waals surface area contributed by atoms with Crippen molar-refractivity contribution in [3.8, 4) is 0 Å². The molecule has 2 aromatic rings. The van der Waals surface area contributed by atoms with Gasteiger partial charge in [-0.25, -0.2) is 0 Å². The van der Waals surface area contributed by atoms with Gasteiger partial charge in [-0.15, -0.1) is 0 Å². The number of nitrogens with zero attached hydrogens (tertiary/aromatic N) is 1. The van der Waals surface area contributed by atoms with Crippen molar-refractivity contribution in [2.24, 2.45) is 0 Å². The molecule has 1 N–H and O–H groups in total. The molecule has 0 unspecified atom stereocenters. The Morgan fingerprint density at radius 1 is 1.11 bits per heavy atom. The fourth-order valence-corrected chi connectivity index (χ4v) is 3.37. The average molecular weight is 364 g/mol. The van der Waals surface area contributed by atoms with E-state index in [1.165, 1.54) is 5.56 Å². The van der Waals surface area contributed by atoms with Crippen molar-refractivity contribution in [2.45, 2.75) is 52.0 Å². The normalized spacial score (nSPS) is 15.7. The van der Waals surface area contributed by atoms with Crippen molar-refractivity contribution in [1.29, 1.82) is 0 Å². The highest BCUT2D eigenvalue weighted by molar-refractivity contribution is 5.99. The van der Waals surface area contributed by atoms with Crippen LogP contribution in [0.5, 0.6) is 0 Å². The van der Waals surface area contributed by atoms with Gasteiger partial charge in [0.15, 0.2) is 0 Å². The van der Waals surface area contributed by atoms with Gasteiger partial charge in [0.2, 0.25) is 5.91 Å². The van der Waals surface area contributed by atoms with Crippen LogP contribution in [0, 0.1) is 0 Å². The summed E-state index contributed by atoms with van der Waals surface area (Å²) in [5.41, 5.74) is 3.83. The highest BCUT2D eigenvalue weighted by Gasteiger charge is 2.22. The maximum atomic E-state index is 12.7. The van der Waals surface area contributed by atoms with Crippen LogP contribution in [0.1, 0.15) is 68.1 Å². The molecule has 1 fully saturated rings. The van der Waals surface area contributed by atoms with Crippen molar-refractivity contribution in [2.75, 3.05) is 11.4 Å². The van der Waals surface area contributed by atoms with Crippen molar-refractivity contribution < 1.29 is 9.59 Å². The van der Waals surface area contributed by atoms with Gasteiger partial charge in [0.05, 0.1) is 6.04 Å². The summed E-state index contributed by atoms with van der Waals surface area (Å²) < 4.78 is 0. The van der Waals surface area contributed by atoms with Crippen LogP contribution in [0.2, 0.25) is 0 Å². The zero-order chi connectivity index (χ0) is 19.6. The van der Waals surface area contributed by atoms with Gasteiger partial charge in [-0.1, -0.05) is 51.1 Å². The summed E-state index contributed by atoms with van der Waals surface area (Å²) in [7, 11) is 0. The summed E-state index contributed by atoms with van der Waals surface area (Å²) in [6.07, 6.45) is 1.45. The Morgan fingerprint density at radius 3 is 2.41 bits per heavy atom. The second kappa shape index (κ2) is 7.55. The number of carbonyl (C=O) groups excluding carboxylic acids is 2. The third kappa shape index (κ3) is 4.38. The number of hydrogen-bond acceptors (Lipinski definition) is 2. The molecular formula is C23H28N2O2. The molecule has 0 aromatic heterocycles. The first-order chi connectivity index (χ1) is 12.8. The van der Waals surface area contributed by atoms with E-state index in [1.807, 2.05) is 19.1 Å². The first-order valence-electron chi connectivity index (χ1n) is 9.57. The molecule has 27 heavy (non-hydrogen) atoms. The number of carbonyl (C=O) groups is 2. The minimum absolute atomic E-state index is 0.0939. The minimum atomic E-state index is -0.129. The van der Waals surface area contributed by atoms with Gasteiger partial charge in [-0.3, -0.25) is 9.59 Å². The lowest BCUT2D eigenvalue weighted by molar-refractivity contribution is -0.117. The van der Waals surface area contributed by atoms with E-state index in [4.69, 9.17) is 0 Å². The number of rotatable bonds is 4. The predicted octanol–water partition coefficient (Wildman–Crippen LogP) is 4.60. The monoisotopic (exact) mass is 364 g/mol. The molecule has 1 aliphatic rings. The van der Waals surface area contributed by atoms with E-state index in [2.05, 4.69) is 50.4 Å². The summed E-state index contributed by atoms with van der Waals surface area (Å²) in [6, 6.07) is 15.6. The summed E-state index contributed by atoms with van der Waals surface area (Å²) >= 11 is 0. The number of amides is 2. The number of nitrogens with one attached hydrogen (secondary N) is 1. The van der Waals surface area contributed by atoms with Crippen LogP contribution in [-0.2, 0) is 10.2 Å². The van der Waals surface area contributed by atoms with Crippen molar-refractivity contribution in [1.82, 2.24) is 5.32 Å². The Labute approximate surface area is 161 Å². The summed E-state index contributed by atoms with van der Waals surface area (Å²) in [4.78, 5) is 26.4. The van der Waals surface area contributed by atoms with E-state index in [9.17, 15) is 9.59 Å². The third-order valence-corrected chi connectivity index (χ3v) is 5.12. The van der Waals surface area contributed by atoms with Gasteiger partial charge < -0.3 is 10.2 Å². The van der Waals surface area contributed by atoms with E-state index < -0.39 is 0 Å². The SMILES string of the molecule is C[C@@H](NC(=O)c1cccc(N2CCCC2=O)c1)c1ccc(C(C)(C)C)cc1. The van der Waals surface area contributed by atoms with Gasteiger partial charge >= 0.3 is 0 Å². The van der Waals surface area contributed by atoms with E-state index >= 15 is 0 Å². The van der Waals surface area contributed by atoms with Crippen LogP contribution < -0.4 is 10.2 Å². The average Bonchev–Trinajstić information content (AvgIpc) is 3.07. The van der Waals surface area contributed by atoms with E-state index in [1.54, 1.807) is 17.0 Å². The Hall–Kier alpha value is -2.62. The smallest absolute Gasteiger partial charge is 0.251 e. The zero-order valence-corrected chi connectivity index (χ0v) is 16.6. The quantitative estimate of drug-likeness (QED) is 0.862. The van der Waals surface area contributed by atoms with Gasteiger partial charge in [0.1, 0.15) is 0 Å². The lowest BCUT2D eigenvalue weighted by atomic mass is 9.86. The Kier molecular flexibility index (Phi) is 5.36. The highest BCUT2D eigenvalue weighted by Crippen LogP contribution is 2.25. The molecule has 0 bridgehead atoms. The molecule has 1 atom stereocenters.